The van der Waals surface area contributed by atoms with Crippen LogP contribution in [0.4, 0.5) is 17.1 Å². The summed E-state index contributed by atoms with van der Waals surface area (Å²) in [7, 11) is 0. The number of para-hydroxylation sites is 3. The Labute approximate surface area is 197 Å². The summed E-state index contributed by atoms with van der Waals surface area (Å²) in [5.41, 5.74) is 6.63. The largest absolute Gasteiger partial charge is 0.487 e. The van der Waals surface area contributed by atoms with E-state index in [9.17, 15) is 0 Å². The lowest BCUT2D eigenvalue weighted by Gasteiger charge is -2.32. The van der Waals surface area contributed by atoms with Crippen molar-refractivity contribution in [2.45, 2.75) is 38.3 Å². The molecule has 1 unspecified atom stereocenters. The van der Waals surface area contributed by atoms with Crippen LogP contribution in [0.25, 0.3) is 0 Å². The minimum Gasteiger partial charge on any atom is -0.487 e. The zero-order chi connectivity index (χ0) is 22.0. The maximum absolute atomic E-state index is 6.19. The molecular formula is C29H33N3O. The van der Waals surface area contributed by atoms with E-state index in [-0.39, 0.29) is 0 Å². The van der Waals surface area contributed by atoms with Gasteiger partial charge in [0.15, 0.2) is 0 Å². The molecule has 0 bridgehead atoms. The molecule has 0 radical (unpaired) electrons. The molecule has 0 aromatic heterocycles. The normalized spacial score (nSPS) is 20.3. The monoisotopic (exact) mass is 439 g/mol. The predicted octanol–water partition coefficient (Wildman–Crippen LogP) is 5.63. The van der Waals surface area contributed by atoms with E-state index in [0.717, 1.165) is 31.8 Å². The highest BCUT2D eigenvalue weighted by atomic mass is 16.5. The Morgan fingerprint density at radius 1 is 0.818 bits per heavy atom. The molecule has 0 aliphatic carbocycles. The molecule has 2 fully saturated rings. The van der Waals surface area contributed by atoms with Gasteiger partial charge < -0.3 is 19.4 Å². The first kappa shape index (κ1) is 20.6. The number of likely N-dealkylation sites (tertiary alicyclic amines) is 1. The van der Waals surface area contributed by atoms with Crippen LogP contribution in [-0.4, -0.2) is 43.7 Å². The SMILES string of the molecule is c1cc(CCN2CCC(N3c4ccccc4COc4ccccc43)C2)cc(N2CCCC2)c1. The van der Waals surface area contributed by atoms with Crippen LogP contribution in [0, 0.1) is 0 Å². The Bertz CT molecular complexity index is 1060. The quantitative estimate of drug-likeness (QED) is 0.512. The van der Waals surface area contributed by atoms with E-state index in [4.69, 9.17) is 4.74 Å². The van der Waals surface area contributed by atoms with Crippen LogP contribution in [0.15, 0.2) is 72.8 Å². The van der Waals surface area contributed by atoms with Crippen LogP contribution in [-0.2, 0) is 13.0 Å². The van der Waals surface area contributed by atoms with Crippen LogP contribution >= 0.6 is 0 Å². The molecule has 3 aliphatic rings. The van der Waals surface area contributed by atoms with Crippen molar-refractivity contribution in [2.75, 3.05) is 42.5 Å². The standard InChI is InChI=1S/C29H33N3O/c1-2-11-27-24(9-1)22-33-29-13-4-3-12-28(29)32(27)26-15-19-30(21-26)18-14-23-8-7-10-25(20-23)31-16-5-6-17-31/h1-4,7-13,20,26H,5-6,14-19,21-22H2. The molecule has 0 N–H and O–H groups in total. The molecule has 3 heterocycles. The lowest BCUT2D eigenvalue weighted by atomic mass is 10.1. The zero-order valence-electron chi connectivity index (χ0n) is 19.3. The topological polar surface area (TPSA) is 19.0 Å². The summed E-state index contributed by atoms with van der Waals surface area (Å²) in [6.07, 6.45) is 4.95. The molecule has 0 saturated carbocycles. The van der Waals surface area contributed by atoms with E-state index in [0.29, 0.717) is 12.6 Å². The third-order valence-electron chi connectivity index (χ3n) is 7.47. The number of anilines is 3. The zero-order valence-corrected chi connectivity index (χ0v) is 19.3. The molecule has 3 aliphatic heterocycles. The highest BCUT2D eigenvalue weighted by Gasteiger charge is 2.32. The van der Waals surface area contributed by atoms with E-state index in [1.54, 1.807) is 0 Å². The molecule has 4 heteroatoms. The highest BCUT2D eigenvalue weighted by Crippen LogP contribution is 2.42. The lowest BCUT2D eigenvalue weighted by molar-refractivity contribution is 0.310. The van der Waals surface area contributed by atoms with E-state index in [1.807, 2.05) is 0 Å². The summed E-state index contributed by atoms with van der Waals surface area (Å²) < 4.78 is 6.19. The fraction of sp³-hybridized carbons (Fsp3) is 0.379. The van der Waals surface area contributed by atoms with Gasteiger partial charge in [0.25, 0.3) is 0 Å². The van der Waals surface area contributed by atoms with Gasteiger partial charge in [0, 0.05) is 55.7 Å². The molecule has 0 spiro atoms. The Hall–Kier alpha value is -2.98. The Kier molecular flexibility index (Phi) is 5.69. The molecule has 1 atom stereocenters. The first-order valence-electron chi connectivity index (χ1n) is 12.5. The Balaban J connectivity index is 1.17. The summed E-state index contributed by atoms with van der Waals surface area (Å²) in [5, 5.41) is 0. The molecule has 3 aromatic rings. The molecule has 0 amide bonds. The van der Waals surface area contributed by atoms with Crippen LogP contribution in [0.3, 0.4) is 0 Å². The highest BCUT2D eigenvalue weighted by molar-refractivity contribution is 5.73. The summed E-state index contributed by atoms with van der Waals surface area (Å²) in [4.78, 5) is 7.72. The maximum atomic E-state index is 6.19. The minimum atomic E-state index is 0.463. The minimum absolute atomic E-state index is 0.463. The van der Waals surface area contributed by atoms with Gasteiger partial charge in [0.05, 0.1) is 5.69 Å². The fourth-order valence-electron chi connectivity index (χ4n) is 5.72. The summed E-state index contributed by atoms with van der Waals surface area (Å²) in [5.74, 6) is 0.992. The van der Waals surface area contributed by atoms with Gasteiger partial charge in [-0.3, -0.25) is 0 Å². The van der Waals surface area contributed by atoms with Crippen molar-refractivity contribution >= 4 is 17.1 Å². The maximum Gasteiger partial charge on any atom is 0.143 e. The van der Waals surface area contributed by atoms with Crippen LogP contribution < -0.4 is 14.5 Å². The van der Waals surface area contributed by atoms with E-state index < -0.39 is 0 Å². The van der Waals surface area contributed by atoms with Crippen molar-refractivity contribution < 1.29 is 4.74 Å². The molecule has 3 aromatic carbocycles. The summed E-state index contributed by atoms with van der Waals surface area (Å²) >= 11 is 0. The average Bonchev–Trinajstić information content (AvgIpc) is 3.53. The van der Waals surface area contributed by atoms with Crippen LogP contribution in [0.5, 0.6) is 5.75 Å². The van der Waals surface area contributed by atoms with Gasteiger partial charge in [0.1, 0.15) is 12.4 Å². The number of nitrogens with zero attached hydrogens (tertiary/aromatic N) is 3. The number of ether oxygens (including phenoxy) is 1. The average molecular weight is 440 g/mol. The van der Waals surface area contributed by atoms with Crippen molar-refractivity contribution in [3.8, 4) is 5.75 Å². The smallest absolute Gasteiger partial charge is 0.143 e. The number of fused-ring (bicyclic) bond motifs is 2. The van der Waals surface area contributed by atoms with Gasteiger partial charge >= 0.3 is 0 Å². The van der Waals surface area contributed by atoms with Crippen molar-refractivity contribution in [1.29, 1.82) is 0 Å². The van der Waals surface area contributed by atoms with Crippen LogP contribution in [0.1, 0.15) is 30.4 Å². The van der Waals surface area contributed by atoms with Gasteiger partial charge in [-0.25, -0.2) is 0 Å². The second-order valence-corrected chi connectivity index (χ2v) is 9.61. The number of rotatable bonds is 5. The third-order valence-corrected chi connectivity index (χ3v) is 7.47. The summed E-state index contributed by atoms with van der Waals surface area (Å²) in [6, 6.07) is 26.9. The predicted molar refractivity (Wildman–Crippen MR) is 136 cm³/mol. The molecule has 2 saturated heterocycles. The molecule has 6 rings (SSSR count). The third kappa shape index (κ3) is 4.20. The van der Waals surface area contributed by atoms with Crippen LogP contribution in [0.2, 0.25) is 0 Å². The van der Waals surface area contributed by atoms with Crippen molar-refractivity contribution in [3.05, 3.63) is 83.9 Å². The second kappa shape index (κ2) is 9.11. The Morgan fingerprint density at radius 3 is 2.55 bits per heavy atom. The van der Waals surface area contributed by atoms with E-state index >= 15 is 0 Å². The van der Waals surface area contributed by atoms with Gasteiger partial charge in [-0.05, 0) is 61.6 Å². The number of benzene rings is 3. The van der Waals surface area contributed by atoms with Gasteiger partial charge in [-0.15, -0.1) is 0 Å². The van der Waals surface area contributed by atoms with Crippen molar-refractivity contribution in [1.82, 2.24) is 4.90 Å². The summed E-state index contributed by atoms with van der Waals surface area (Å²) in [6.45, 7) is 6.41. The van der Waals surface area contributed by atoms with Crippen molar-refractivity contribution in [2.24, 2.45) is 0 Å². The Morgan fingerprint density at radius 2 is 1.64 bits per heavy atom. The molecular weight excluding hydrogens is 406 g/mol. The van der Waals surface area contributed by atoms with E-state index in [2.05, 4.69) is 87.5 Å². The fourth-order valence-corrected chi connectivity index (χ4v) is 5.72. The number of hydrogen-bond acceptors (Lipinski definition) is 4. The van der Waals surface area contributed by atoms with Gasteiger partial charge in [-0.1, -0.05) is 42.5 Å². The van der Waals surface area contributed by atoms with E-state index in [1.165, 1.54) is 60.5 Å². The first-order valence-corrected chi connectivity index (χ1v) is 12.5. The molecule has 4 nitrogen and oxygen atoms in total. The van der Waals surface area contributed by atoms with Gasteiger partial charge in [0.2, 0.25) is 0 Å². The number of hydrogen-bond donors (Lipinski definition) is 0. The van der Waals surface area contributed by atoms with Gasteiger partial charge in [-0.2, -0.15) is 0 Å². The van der Waals surface area contributed by atoms with Crippen molar-refractivity contribution in [3.63, 3.8) is 0 Å². The first-order chi connectivity index (χ1) is 16.3. The lowest BCUT2D eigenvalue weighted by Crippen LogP contribution is -2.35. The second-order valence-electron chi connectivity index (χ2n) is 9.61. The molecule has 170 valence electrons. The molecule has 33 heavy (non-hydrogen) atoms.